The van der Waals surface area contributed by atoms with Crippen LogP contribution >= 0.6 is 0 Å². The summed E-state index contributed by atoms with van der Waals surface area (Å²) in [4.78, 5) is 20.5. The van der Waals surface area contributed by atoms with Gasteiger partial charge in [-0.1, -0.05) is 17.7 Å². The van der Waals surface area contributed by atoms with Gasteiger partial charge in [0.25, 0.3) is 5.91 Å². The van der Waals surface area contributed by atoms with E-state index in [9.17, 15) is 4.79 Å². The Morgan fingerprint density at radius 2 is 1.71 bits per heavy atom. The van der Waals surface area contributed by atoms with Gasteiger partial charge in [0.05, 0.1) is 0 Å². The van der Waals surface area contributed by atoms with Crippen molar-refractivity contribution in [2.45, 2.75) is 13.5 Å². The standard InChI is InChI=1S/C19H18N4O/c1-14-2-4-16(5-3-14)23-19(24)18-12-17(8-11-21-18)22-13-15-6-9-20-10-7-15/h2-12H,13H2,1H3,(H,21,22)(H,23,24). The minimum atomic E-state index is -0.230. The third-order valence-electron chi connectivity index (χ3n) is 3.55. The van der Waals surface area contributed by atoms with Crippen molar-refractivity contribution in [2.24, 2.45) is 0 Å². The Morgan fingerprint density at radius 1 is 0.958 bits per heavy atom. The molecule has 0 atom stereocenters. The van der Waals surface area contributed by atoms with Crippen LogP contribution in [0.4, 0.5) is 11.4 Å². The molecule has 1 amide bonds. The van der Waals surface area contributed by atoms with Crippen LogP contribution in [0.2, 0.25) is 0 Å². The lowest BCUT2D eigenvalue weighted by Gasteiger charge is -2.09. The van der Waals surface area contributed by atoms with Crippen LogP contribution in [0.25, 0.3) is 0 Å². The first kappa shape index (κ1) is 15.7. The lowest BCUT2D eigenvalue weighted by molar-refractivity contribution is 0.102. The molecule has 0 radical (unpaired) electrons. The van der Waals surface area contributed by atoms with E-state index in [1.807, 2.05) is 49.4 Å². The summed E-state index contributed by atoms with van der Waals surface area (Å²) in [5.74, 6) is -0.230. The van der Waals surface area contributed by atoms with Crippen molar-refractivity contribution < 1.29 is 4.79 Å². The highest BCUT2D eigenvalue weighted by Crippen LogP contribution is 2.13. The van der Waals surface area contributed by atoms with E-state index in [1.165, 1.54) is 0 Å². The summed E-state index contributed by atoms with van der Waals surface area (Å²) in [6, 6.07) is 15.1. The highest BCUT2D eigenvalue weighted by atomic mass is 16.1. The van der Waals surface area contributed by atoms with E-state index in [0.717, 1.165) is 22.5 Å². The molecule has 0 saturated heterocycles. The maximum absolute atomic E-state index is 12.3. The molecule has 0 bridgehead atoms. The lowest BCUT2D eigenvalue weighted by atomic mass is 10.2. The number of aryl methyl sites for hydroxylation is 1. The maximum atomic E-state index is 12.3. The van der Waals surface area contributed by atoms with Crippen LogP contribution in [0.5, 0.6) is 0 Å². The molecule has 5 nitrogen and oxygen atoms in total. The molecule has 0 saturated carbocycles. The molecule has 2 aromatic heterocycles. The summed E-state index contributed by atoms with van der Waals surface area (Å²) in [6.07, 6.45) is 5.13. The van der Waals surface area contributed by atoms with Crippen molar-refractivity contribution >= 4 is 17.3 Å². The van der Waals surface area contributed by atoms with Crippen LogP contribution < -0.4 is 10.6 Å². The molecule has 24 heavy (non-hydrogen) atoms. The van der Waals surface area contributed by atoms with Crippen molar-refractivity contribution in [1.82, 2.24) is 9.97 Å². The Hall–Kier alpha value is -3.21. The fourth-order valence-corrected chi connectivity index (χ4v) is 2.20. The van der Waals surface area contributed by atoms with Gasteiger partial charge in [0.1, 0.15) is 5.69 Å². The van der Waals surface area contributed by atoms with Gasteiger partial charge >= 0.3 is 0 Å². The molecule has 3 rings (SSSR count). The molecule has 120 valence electrons. The number of benzene rings is 1. The largest absolute Gasteiger partial charge is 0.381 e. The van der Waals surface area contributed by atoms with Gasteiger partial charge in [-0.25, -0.2) is 0 Å². The van der Waals surface area contributed by atoms with Gasteiger partial charge in [-0.2, -0.15) is 0 Å². The SMILES string of the molecule is Cc1ccc(NC(=O)c2cc(NCc3ccncc3)ccn2)cc1. The van der Waals surface area contributed by atoms with Crippen LogP contribution in [0.1, 0.15) is 21.6 Å². The number of carbonyl (C=O) groups is 1. The number of hydrogen-bond acceptors (Lipinski definition) is 4. The molecule has 0 aliphatic carbocycles. The predicted octanol–water partition coefficient (Wildman–Crippen LogP) is 3.65. The van der Waals surface area contributed by atoms with E-state index in [2.05, 4.69) is 20.6 Å². The molecule has 0 spiro atoms. The minimum Gasteiger partial charge on any atom is -0.381 e. The van der Waals surface area contributed by atoms with E-state index < -0.39 is 0 Å². The zero-order chi connectivity index (χ0) is 16.8. The second-order valence-corrected chi connectivity index (χ2v) is 5.46. The number of hydrogen-bond donors (Lipinski definition) is 2. The number of amides is 1. The zero-order valence-electron chi connectivity index (χ0n) is 13.4. The third-order valence-corrected chi connectivity index (χ3v) is 3.55. The summed E-state index contributed by atoms with van der Waals surface area (Å²) in [5, 5.41) is 6.13. The average molecular weight is 318 g/mol. The number of nitrogens with zero attached hydrogens (tertiary/aromatic N) is 2. The summed E-state index contributed by atoms with van der Waals surface area (Å²) < 4.78 is 0. The van der Waals surface area contributed by atoms with Crippen molar-refractivity contribution in [3.05, 3.63) is 83.9 Å². The highest BCUT2D eigenvalue weighted by molar-refractivity contribution is 6.03. The normalized spacial score (nSPS) is 10.2. The summed E-state index contributed by atoms with van der Waals surface area (Å²) in [5.41, 5.74) is 4.23. The fourth-order valence-electron chi connectivity index (χ4n) is 2.20. The summed E-state index contributed by atoms with van der Waals surface area (Å²) in [6.45, 7) is 2.66. The second kappa shape index (κ2) is 7.37. The fraction of sp³-hybridized carbons (Fsp3) is 0.105. The monoisotopic (exact) mass is 318 g/mol. The number of carbonyl (C=O) groups excluding carboxylic acids is 1. The Labute approximate surface area is 140 Å². The van der Waals surface area contributed by atoms with Gasteiger partial charge in [0.15, 0.2) is 0 Å². The van der Waals surface area contributed by atoms with E-state index in [-0.39, 0.29) is 5.91 Å². The molecular weight excluding hydrogens is 300 g/mol. The molecular formula is C19H18N4O. The number of pyridine rings is 2. The van der Waals surface area contributed by atoms with E-state index in [1.54, 1.807) is 24.7 Å². The van der Waals surface area contributed by atoms with Gasteiger partial charge in [0.2, 0.25) is 0 Å². The Bertz CT molecular complexity index is 816. The lowest BCUT2D eigenvalue weighted by Crippen LogP contribution is -2.14. The Balaban J connectivity index is 1.65. The van der Waals surface area contributed by atoms with Gasteiger partial charge < -0.3 is 10.6 Å². The van der Waals surface area contributed by atoms with Crippen LogP contribution in [-0.2, 0) is 6.54 Å². The van der Waals surface area contributed by atoms with E-state index in [4.69, 9.17) is 0 Å². The van der Waals surface area contributed by atoms with Gasteiger partial charge in [0, 0.05) is 36.5 Å². The molecule has 0 fully saturated rings. The van der Waals surface area contributed by atoms with Gasteiger partial charge in [-0.15, -0.1) is 0 Å². The number of nitrogens with one attached hydrogen (secondary N) is 2. The van der Waals surface area contributed by atoms with Gasteiger partial charge in [-0.05, 0) is 48.9 Å². The average Bonchev–Trinajstić information content (AvgIpc) is 2.63. The topological polar surface area (TPSA) is 66.9 Å². The Morgan fingerprint density at radius 3 is 2.46 bits per heavy atom. The molecule has 2 N–H and O–H groups in total. The third kappa shape index (κ3) is 4.16. The van der Waals surface area contributed by atoms with Crippen LogP contribution in [0.15, 0.2) is 67.1 Å². The maximum Gasteiger partial charge on any atom is 0.274 e. The summed E-state index contributed by atoms with van der Waals surface area (Å²) >= 11 is 0. The first-order valence-corrected chi connectivity index (χ1v) is 7.67. The van der Waals surface area contributed by atoms with Crippen LogP contribution in [0, 0.1) is 6.92 Å². The second-order valence-electron chi connectivity index (χ2n) is 5.46. The number of anilines is 2. The first-order valence-electron chi connectivity index (χ1n) is 7.67. The van der Waals surface area contributed by atoms with Crippen molar-refractivity contribution in [2.75, 3.05) is 10.6 Å². The number of aromatic nitrogens is 2. The first-order chi connectivity index (χ1) is 11.7. The predicted molar refractivity (Wildman–Crippen MR) is 94.9 cm³/mol. The van der Waals surface area contributed by atoms with Gasteiger partial charge in [-0.3, -0.25) is 14.8 Å². The molecule has 5 heteroatoms. The summed E-state index contributed by atoms with van der Waals surface area (Å²) in [7, 11) is 0. The number of rotatable bonds is 5. The Kier molecular flexibility index (Phi) is 4.81. The minimum absolute atomic E-state index is 0.230. The quantitative estimate of drug-likeness (QED) is 0.753. The van der Waals surface area contributed by atoms with Crippen molar-refractivity contribution in [1.29, 1.82) is 0 Å². The zero-order valence-corrected chi connectivity index (χ0v) is 13.4. The van der Waals surface area contributed by atoms with E-state index in [0.29, 0.717) is 12.2 Å². The van der Waals surface area contributed by atoms with Crippen molar-refractivity contribution in [3.8, 4) is 0 Å². The molecule has 0 aliphatic rings. The van der Waals surface area contributed by atoms with Crippen LogP contribution in [-0.4, -0.2) is 15.9 Å². The molecule has 2 heterocycles. The highest BCUT2D eigenvalue weighted by Gasteiger charge is 2.08. The smallest absolute Gasteiger partial charge is 0.274 e. The van der Waals surface area contributed by atoms with E-state index >= 15 is 0 Å². The molecule has 0 aliphatic heterocycles. The molecule has 0 unspecified atom stereocenters. The van der Waals surface area contributed by atoms with Crippen molar-refractivity contribution in [3.63, 3.8) is 0 Å². The molecule has 1 aromatic carbocycles. The van der Waals surface area contributed by atoms with Crippen LogP contribution in [0.3, 0.4) is 0 Å². The molecule has 3 aromatic rings.